The highest BCUT2D eigenvalue weighted by Gasteiger charge is 2.37. The monoisotopic (exact) mass is 258 g/mol. The minimum atomic E-state index is -0.975. The molecule has 1 unspecified atom stereocenters. The largest absolute Gasteiger partial charge is 0.469 e. The van der Waals surface area contributed by atoms with E-state index in [0.29, 0.717) is 5.56 Å². The molecule has 2 aromatic carbocycles. The molecule has 2 rings (SSSR count). The van der Waals surface area contributed by atoms with Crippen LogP contribution in [0.15, 0.2) is 42.5 Å². The fourth-order valence-electron chi connectivity index (χ4n) is 2.17. The van der Waals surface area contributed by atoms with E-state index in [4.69, 9.17) is 4.74 Å². The van der Waals surface area contributed by atoms with Crippen molar-refractivity contribution in [3.63, 3.8) is 0 Å². The van der Waals surface area contributed by atoms with Gasteiger partial charge >= 0.3 is 5.97 Å². The molecule has 0 saturated carbocycles. The van der Waals surface area contributed by atoms with Crippen LogP contribution in [0.3, 0.4) is 0 Å². The van der Waals surface area contributed by atoms with E-state index in [0.717, 1.165) is 10.8 Å². The molecule has 3 heteroatoms. The van der Waals surface area contributed by atoms with Crippen molar-refractivity contribution in [3.05, 3.63) is 48.0 Å². The molecule has 19 heavy (non-hydrogen) atoms. The van der Waals surface area contributed by atoms with Crippen molar-refractivity contribution < 1.29 is 14.6 Å². The Bertz CT molecular complexity index is 602. The molecule has 0 aliphatic rings. The number of esters is 1. The normalized spacial score (nSPS) is 13.3. The van der Waals surface area contributed by atoms with Gasteiger partial charge in [0.2, 0.25) is 0 Å². The quantitative estimate of drug-likeness (QED) is 0.861. The van der Waals surface area contributed by atoms with E-state index >= 15 is 0 Å². The molecule has 0 bridgehead atoms. The van der Waals surface area contributed by atoms with E-state index in [1.165, 1.54) is 7.11 Å². The lowest BCUT2D eigenvalue weighted by molar-refractivity contribution is -0.157. The Morgan fingerprint density at radius 2 is 1.79 bits per heavy atom. The fourth-order valence-corrected chi connectivity index (χ4v) is 2.17. The van der Waals surface area contributed by atoms with E-state index in [2.05, 4.69) is 0 Å². The lowest BCUT2D eigenvalue weighted by atomic mass is 9.82. The second-order valence-corrected chi connectivity index (χ2v) is 5.22. The maximum absolute atomic E-state index is 11.7. The van der Waals surface area contributed by atoms with Crippen LogP contribution in [0.1, 0.15) is 25.5 Å². The lowest BCUT2D eigenvalue weighted by Crippen LogP contribution is -2.32. The van der Waals surface area contributed by atoms with Crippen LogP contribution < -0.4 is 0 Å². The minimum Gasteiger partial charge on any atom is -0.469 e. The number of ether oxygens (including phenoxy) is 1. The highest BCUT2D eigenvalue weighted by molar-refractivity contribution is 5.83. The Balaban J connectivity index is 2.41. The van der Waals surface area contributed by atoms with Gasteiger partial charge in [-0.05, 0) is 36.2 Å². The van der Waals surface area contributed by atoms with Gasteiger partial charge in [0.05, 0.1) is 18.6 Å². The fraction of sp³-hybridized carbons (Fsp3) is 0.312. The summed E-state index contributed by atoms with van der Waals surface area (Å²) in [6.07, 6.45) is -0.899. The number of methoxy groups -OCH3 is 1. The summed E-state index contributed by atoms with van der Waals surface area (Å²) in [5.74, 6) is -0.423. The molecule has 0 amide bonds. The molecule has 1 atom stereocenters. The summed E-state index contributed by atoms with van der Waals surface area (Å²) in [5.41, 5.74) is -0.258. The maximum atomic E-state index is 11.7. The van der Waals surface area contributed by atoms with Crippen molar-refractivity contribution in [3.8, 4) is 0 Å². The van der Waals surface area contributed by atoms with Crippen LogP contribution in [0.4, 0.5) is 0 Å². The summed E-state index contributed by atoms with van der Waals surface area (Å²) in [4.78, 5) is 11.7. The molecule has 0 spiro atoms. The second kappa shape index (κ2) is 5.02. The van der Waals surface area contributed by atoms with Crippen LogP contribution in [-0.2, 0) is 9.53 Å². The average Bonchev–Trinajstić information content (AvgIpc) is 2.44. The van der Waals surface area contributed by atoms with Gasteiger partial charge in [-0.15, -0.1) is 0 Å². The molecule has 0 aliphatic heterocycles. The van der Waals surface area contributed by atoms with E-state index in [1.807, 2.05) is 42.5 Å². The summed E-state index contributed by atoms with van der Waals surface area (Å²) < 4.78 is 4.75. The average molecular weight is 258 g/mol. The maximum Gasteiger partial charge on any atom is 0.314 e. The van der Waals surface area contributed by atoms with Gasteiger partial charge in [0.1, 0.15) is 0 Å². The summed E-state index contributed by atoms with van der Waals surface area (Å²) in [7, 11) is 1.33. The predicted octanol–water partition coefficient (Wildman–Crippen LogP) is 3.07. The Hall–Kier alpha value is -1.87. The van der Waals surface area contributed by atoms with Crippen LogP contribution >= 0.6 is 0 Å². The minimum absolute atomic E-state index is 0.423. The van der Waals surface area contributed by atoms with Crippen molar-refractivity contribution in [2.45, 2.75) is 20.0 Å². The Morgan fingerprint density at radius 1 is 1.16 bits per heavy atom. The molecule has 0 fully saturated rings. The third-order valence-corrected chi connectivity index (χ3v) is 3.48. The first-order chi connectivity index (χ1) is 8.96. The van der Waals surface area contributed by atoms with Gasteiger partial charge in [-0.25, -0.2) is 0 Å². The van der Waals surface area contributed by atoms with Crippen molar-refractivity contribution in [1.29, 1.82) is 0 Å². The predicted molar refractivity (Wildman–Crippen MR) is 74.7 cm³/mol. The highest BCUT2D eigenvalue weighted by atomic mass is 16.5. The van der Waals surface area contributed by atoms with Gasteiger partial charge in [0.25, 0.3) is 0 Å². The van der Waals surface area contributed by atoms with Crippen molar-refractivity contribution in [2.75, 3.05) is 7.11 Å². The summed E-state index contributed by atoms with van der Waals surface area (Å²) in [5, 5.41) is 12.6. The molecule has 2 aromatic rings. The van der Waals surface area contributed by atoms with Gasteiger partial charge < -0.3 is 9.84 Å². The summed E-state index contributed by atoms with van der Waals surface area (Å²) >= 11 is 0. The molecule has 1 N–H and O–H groups in total. The van der Waals surface area contributed by atoms with Gasteiger partial charge in [-0.1, -0.05) is 36.4 Å². The number of carbonyl (C=O) groups excluding carboxylic acids is 1. The Kier molecular flexibility index (Phi) is 3.58. The van der Waals surface area contributed by atoms with Gasteiger partial charge in [-0.3, -0.25) is 4.79 Å². The van der Waals surface area contributed by atoms with Gasteiger partial charge in [0.15, 0.2) is 0 Å². The number of hydrogen-bond acceptors (Lipinski definition) is 3. The number of benzene rings is 2. The number of fused-ring (bicyclic) bond motifs is 1. The number of rotatable bonds is 3. The van der Waals surface area contributed by atoms with Gasteiger partial charge in [-0.2, -0.15) is 0 Å². The van der Waals surface area contributed by atoms with Crippen molar-refractivity contribution in [1.82, 2.24) is 0 Å². The summed E-state index contributed by atoms with van der Waals surface area (Å²) in [6, 6.07) is 13.6. The van der Waals surface area contributed by atoms with Gasteiger partial charge in [0, 0.05) is 0 Å². The molecule has 0 radical (unpaired) electrons. The van der Waals surface area contributed by atoms with E-state index in [9.17, 15) is 9.90 Å². The lowest BCUT2D eigenvalue weighted by Gasteiger charge is -2.28. The van der Waals surface area contributed by atoms with Crippen LogP contribution in [0.2, 0.25) is 0 Å². The highest BCUT2D eigenvalue weighted by Crippen LogP contribution is 2.35. The van der Waals surface area contributed by atoms with E-state index in [-0.39, 0.29) is 0 Å². The van der Waals surface area contributed by atoms with Crippen molar-refractivity contribution >= 4 is 16.7 Å². The number of carbonyl (C=O) groups is 1. The first-order valence-electron chi connectivity index (χ1n) is 6.22. The van der Waals surface area contributed by atoms with Crippen LogP contribution in [0, 0.1) is 5.41 Å². The molecule has 0 saturated heterocycles. The van der Waals surface area contributed by atoms with E-state index < -0.39 is 17.5 Å². The number of aliphatic hydroxyl groups excluding tert-OH is 1. The number of aliphatic hydroxyl groups is 1. The van der Waals surface area contributed by atoms with Crippen LogP contribution in [0.25, 0.3) is 10.8 Å². The van der Waals surface area contributed by atoms with Crippen molar-refractivity contribution in [2.24, 2.45) is 5.41 Å². The molecule has 3 nitrogen and oxygen atoms in total. The first kappa shape index (κ1) is 13.6. The summed E-state index contributed by atoms with van der Waals surface area (Å²) in [6.45, 7) is 3.36. The molecule has 0 aliphatic carbocycles. The molecule has 0 heterocycles. The zero-order valence-electron chi connectivity index (χ0n) is 11.4. The second-order valence-electron chi connectivity index (χ2n) is 5.22. The first-order valence-corrected chi connectivity index (χ1v) is 6.22. The Morgan fingerprint density at radius 3 is 2.42 bits per heavy atom. The van der Waals surface area contributed by atoms with Crippen LogP contribution in [0.5, 0.6) is 0 Å². The Labute approximate surface area is 112 Å². The molecule has 0 aromatic heterocycles. The SMILES string of the molecule is COC(=O)C(C)(C)C(O)c1ccc2ccccc2c1. The topological polar surface area (TPSA) is 46.5 Å². The zero-order chi connectivity index (χ0) is 14.0. The molecular formula is C16H18O3. The zero-order valence-corrected chi connectivity index (χ0v) is 11.4. The number of hydrogen-bond donors (Lipinski definition) is 1. The van der Waals surface area contributed by atoms with E-state index in [1.54, 1.807) is 13.8 Å². The molecule has 100 valence electrons. The molecular weight excluding hydrogens is 240 g/mol. The smallest absolute Gasteiger partial charge is 0.314 e. The third kappa shape index (κ3) is 2.47. The standard InChI is InChI=1S/C16H18O3/c1-16(2,15(18)19-3)14(17)13-9-8-11-6-4-5-7-12(11)10-13/h4-10,14,17H,1-3H3. The third-order valence-electron chi connectivity index (χ3n) is 3.48. The van der Waals surface area contributed by atoms with Crippen LogP contribution in [-0.4, -0.2) is 18.2 Å².